The molecule has 0 aliphatic rings. The predicted octanol–water partition coefficient (Wildman–Crippen LogP) is 7.45. The molecule has 1 amide bonds. The zero-order valence-corrected chi connectivity index (χ0v) is 25.1. The van der Waals surface area contributed by atoms with Crippen molar-refractivity contribution >= 4 is 57.6 Å². The molecule has 3 aromatic rings. The van der Waals surface area contributed by atoms with Crippen molar-refractivity contribution in [2.24, 2.45) is 5.92 Å². The predicted molar refractivity (Wildman–Crippen MR) is 160 cm³/mol. The van der Waals surface area contributed by atoms with E-state index >= 15 is 0 Å². The van der Waals surface area contributed by atoms with Crippen LogP contribution in [0.15, 0.2) is 41.5 Å². The number of aromatic nitrogens is 1. The zero-order chi connectivity index (χ0) is 29.2. The Kier molecular flexibility index (Phi) is 11.8. The van der Waals surface area contributed by atoms with E-state index in [1.165, 1.54) is 36.7 Å². The fourth-order valence-electron chi connectivity index (χ4n) is 4.00. The standard InChI is InChI=1S/C29H32Cl2N2O6S/c1-5-17(6-2)15-39-11-10-18-8-7-9-20(26(18)38-4)24-16-40-29(32-24)33-27(34)19-12-22(30)21(23(31)13-19)14-25(37-3)28(35)36/h7-9,12-14,16-17H,5-6,10-11,15H2,1-4H3,(H,35,36)(H,32,33,34)/b25-14-. The maximum atomic E-state index is 12.9. The van der Waals surface area contributed by atoms with Gasteiger partial charge < -0.3 is 19.3 Å². The van der Waals surface area contributed by atoms with Gasteiger partial charge in [-0.3, -0.25) is 10.1 Å². The average molecular weight is 608 g/mol. The Bertz CT molecular complexity index is 1350. The van der Waals surface area contributed by atoms with Crippen molar-refractivity contribution in [2.75, 3.05) is 32.8 Å². The van der Waals surface area contributed by atoms with Crippen molar-refractivity contribution in [3.8, 4) is 17.0 Å². The van der Waals surface area contributed by atoms with Crippen molar-refractivity contribution < 1.29 is 28.9 Å². The number of carbonyl (C=O) groups excluding carboxylic acids is 1. The molecule has 0 unspecified atom stereocenters. The van der Waals surface area contributed by atoms with E-state index in [9.17, 15) is 14.7 Å². The van der Waals surface area contributed by atoms with Gasteiger partial charge >= 0.3 is 5.97 Å². The summed E-state index contributed by atoms with van der Waals surface area (Å²) in [6, 6.07) is 8.68. The maximum absolute atomic E-state index is 12.9. The quantitative estimate of drug-likeness (QED) is 0.111. The lowest BCUT2D eigenvalue weighted by Gasteiger charge is -2.15. The highest BCUT2D eigenvalue weighted by Gasteiger charge is 2.18. The van der Waals surface area contributed by atoms with Crippen LogP contribution in [0.1, 0.15) is 48.2 Å². The first-order valence-corrected chi connectivity index (χ1v) is 14.3. The first-order valence-electron chi connectivity index (χ1n) is 12.7. The molecule has 2 N–H and O–H groups in total. The van der Waals surface area contributed by atoms with Crippen molar-refractivity contribution in [3.63, 3.8) is 0 Å². The second kappa shape index (κ2) is 15.0. The van der Waals surface area contributed by atoms with E-state index in [2.05, 4.69) is 24.1 Å². The highest BCUT2D eigenvalue weighted by Crippen LogP contribution is 2.35. The van der Waals surface area contributed by atoms with Crippen LogP contribution in [0.2, 0.25) is 10.0 Å². The number of methoxy groups -OCH3 is 2. The molecule has 0 spiro atoms. The SMILES string of the molecule is CCC(CC)COCCc1cccc(-c2csc(NC(=O)c3cc(Cl)c(/C=C(\OC)C(=O)O)c(Cl)c3)n2)c1OC. The molecule has 0 bridgehead atoms. The molecule has 0 saturated heterocycles. The van der Waals surface area contributed by atoms with Gasteiger partial charge in [0.1, 0.15) is 5.75 Å². The monoisotopic (exact) mass is 606 g/mol. The van der Waals surface area contributed by atoms with Gasteiger partial charge in [-0.15, -0.1) is 11.3 Å². The van der Waals surface area contributed by atoms with Gasteiger partial charge in [-0.25, -0.2) is 9.78 Å². The number of carboxylic acids is 1. The lowest BCUT2D eigenvalue weighted by Crippen LogP contribution is -2.12. The summed E-state index contributed by atoms with van der Waals surface area (Å²) in [5.41, 5.74) is 2.90. The molecule has 2 aromatic carbocycles. The van der Waals surface area contributed by atoms with Gasteiger partial charge in [0, 0.05) is 28.7 Å². The zero-order valence-electron chi connectivity index (χ0n) is 22.8. The summed E-state index contributed by atoms with van der Waals surface area (Å²) in [6.45, 7) is 5.69. The van der Waals surface area contributed by atoms with Crippen LogP contribution in [0, 0.1) is 5.92 Å². The Balaban J connectivity index is 1.74. The Morgan fingerprint density at radius 1 is 1.15 bits per heavy atom. The third kappa shape index (κ3) is 7.97. The minimum Gasteiger partial charge on any atom is -0.496 e. The Morgan fingerprint density at radius 2 is 1.85 bits per heavy atom. The topological polar surface area (TPSA) is 107 Å². The highest BCUT2D eigenvalue weighted by atomic mass is 35.5. The fraction of sp³-hybridized carbons (Fsp3) is 0.345. The number of ether oxygens (including phenoxy) is 3. The smallest absolute Gasteiger partial charge is 0.371 e. The second-order valence-electron chi connectivity index (χ2n) is 8.87. The molecule has 11 heteroatoms. The molecule has 0 aliphatic heterocycles. The van der Waals surface area contributed by atoms with Crippen LogP contribution in [-0.2, 0) is 20.7 Å². The number of anilines is 1. The van der Waals surface area contributed by atoms with E-state index in [1.807, 2.05) is 23.6 Å². The largest absolute Gasteiger partial charge is 0.496 e. The summed E-state index contributed by atoms with van der Waals surface area (Å²) in [7, 11) is 2.85. The number of carbonyl (C=O) groups is 2. The van der Waals surface area contributed by atoms with E-state index < -0.39 is 11.9 Å². The number of rotatable bonds is 14. The maximum Gasteiger partial charge on any atom is 0.371 e. The van der Waals surface area contributed by atoms with Crippen molar-refractivity contribution in [3.05, 3.63) is 68.2 Å². The molecule has 8 nitrogen and oxygen atoms in total. The van der Waals surface area contributed by atoms with Crippen LogP contribution in [0.5, 0.6) is 5.75 Å². The van der Waals surface area contributed by atoms with Crippen LogP contribution in [0.4, 0.5) is 5.13 Å². The summed E-state index contributed by atoms with van der Waals surface area (Å²) in [5, 5.41) is 14.4. The number of carboxylic acid groups (broad SMARTS) is 1. The number of hydrogen-bond donors (Lipinski definition) is 2. The van der Waals surface area contributed by atoms with E-state index in [0.29, 0.717) is 29.8 Å². The van der Waals surface area contributed by atoms with Gasteiger partial charge in [0.15, 0.2) is 5.13 Å². The van der Waals surface area contributed by atoms with Gasteiger partial charge in [-0.1, -0.05) is 62.0 Å². The van der Waals surface area contributed by atoms with Crippen LogP contribution in [0.25, 0.3) is 17.3 Å². The summed E-state index contributed by atoms with van der Waals surface area (Å²) in [4.78, 5) is 28.8. The number of hydrogen-bond acceptors (Lipinski definition) is 7. The molecule has 0 atom stereocenters. The highest BCUT2D eigenvalue weighted by molar-refractivity contribution is 7.14. The summed E-state index contributed by atoms with van der Waals surface area (Å²) in [6.07, 6.45) is 4.10. The van der Waals surface area contributed by atoms with Crippen LogP contribution < -0.4 is 10.1 Å². The molecular formula is C29H32Cl2N2O6S. The Morgan fingerprint density at radius 3 is 2.45 bits per heavy atom. The third-order valence-corrected chi connectivity index (χ3v) is 7.76. The molecule has 0 radical (unpaired) electrons. The minimum absolute atomic E-state index is 0.0960. The molecular weight excluding hydrogens is 575 g/mol. The molecule has 0 fully saturated rings. The van der Waals surface area contributed by atoms with Crippen LogP contribution >= 0.6 is 34.5 Å². The molecule has 3 rings (SSSR count). The molecule has 1 aromatic heterocycles. The molecule has 0 saturated carbocycles. The van der Waals surface area contributed by atoms with Gasteiger partial charge in [-0.05, 0) is 42.2 Å². The number of thiazole rings is 1. The molecule has 214 valence electrons. The van der Waals surface area contributed by atoms with Gasteiger partial charge in [0.05, 0.1) is 36.6 Å². The number of para-hydroxylation sites is 1. The lowest BCUT2D eigenvalue weighted by molar-refractivity contribution is -0.135. The van der Waals surface area contributed by atoms with Gasteiger partial charge in [-0.2, -0.15) is 0 Å². The summed E-state index contributed by atoms with van der Waals surface area (Å²) < 4.78 is 16.5. The number of nitrogens with zero attached hydrogens (tertiary/aromatic N) is 1. The number of amides is 1. The lowest BCUT2D eigenvalue weighted by atomic mass is 10.0. The van der Waals surface area contributed by atoms with Crippen molar-refractivity contribution in [1.82, 2.24) is 4.98 Å². The average Bonchev–Trinajstić information content (AvgIpc) is 3.40. The minimum atomic E-state index is -1.27. The second-order valence-corrected chi connectivity index (χ2v) is 10.5. The summed E-state index contributed by atoms with van der Waals surface area (Å²) in [5.74, 6) is -0.802. The number of aliphatic carboxylic acids is 1. The van der Waals surface area contributed by atoms with Crippen LogP contribution in [0.3, 0.4) is 0 Å². The normalized spacial score (nSPS) is 11.5. The molecule has 0 aliphatic carbocycles. The third-order valence-electron chi connectivity index (χ3n) is 6.37. The van der Waals surface area contributed by atoms with E-state index in [1.54, 1.807) is 7.11 Å². The molecule has 40 heavy (non-hydrogen) atoms. The van der Waals surface area contributed by atoms with Crippen LogP contribution in [-0.4, -0.2) is 49.4 Å². The summed E-state index contributed by atoms with van der Waals surface area (Å²) >= 11 is 13.9. The number of benzene rings is 2. The first kappa shape index (κ1) is 31.4. The fourth-order valence-corrected chi connectivity index (χ4v) is 5.30. The van der Waals surface area contributed by atoms with E-state index in [-0.39, 0.29) is 26.9 Å². The van der Waals surface area contributed by atoms with Gasteiger partial charge in [0.25, 0.3) is 5.91 Å². The van der Waals surface area contributed by atoms with Gasteiger partial charge in [0.2, 0.25) is 5.76 Å². The first-order chi connectivity index (χ1) is 19.2. The Labute approximate surface area is 247 Å². The number of halogens is 2. The van der Waals surface area contributed by atoms with E-state index in [0.717, 1.165) is 36.3 Å². The Hall–Kier alpha value is -3.11. The number of nitrogens with one attached hydrogen (secondary N) is 1. The van der Waals surface area contributed by atoms with Crippen molar-refractivity contribution in [2.45, 2.75) is 33.1 Å². The van der Waals surface area contributed by atoms with E-state index in [4.69, 9.17) is 37.4 Å². The van der Waals surface area contributed by atoms with Crippen molar-refractivity contribution in [1.29, 1.82) is 0 Å². The molecule has 1 heterocycles.